The smallest absolute Gasteiger partial charge is 0.264 e. The van der Waals surface area contributed by atoms with Gasteiger partial charge in [-0.15, -0.1) is 11.3 Å². The molecule has 0 aromatic carbocycles. The fraction of sp³-hybridized carbons (Fsp3) is 0.400. The van der Waals surface area contributed by atoms with Gasteiger partial charge in [0.05, 0.1) is 23.0 Å². The van der Waals surface area contributed by atoms with Crippen LogP contribution in [0.1, 0.15) is 19.3 Å². The number of amides is 1. The van der Waals surface area contributed by atoms with Gasteiger partial charge in [0.1, 0.15) is 0 Å². The Morgan fingerprint density at radius 1 is 1.40 bits per heavy atom. The van der Waals surface area contributed by atoms with Crippen molar-refractivity contribution in [1.82, 2.24) is 4.90 Å². The lowest BCUT2D eigenvalue weighted by molar-refractivity contribution is 0.0306. The van der Waals surface area contributed by atoms with Crippen molar-refractivity contribution < 1.29 is 14.3 Å². The van der Waals surface area contributed by atoms with E-state index in [1.807, 2.05) is 0 Å². The molecule has 0 aliphatic carbocycles. The highest BCUT2D eigenvalue weighted by Crippen LogP contribution is 2.17. The Morgan fingerprint density at radius 2 is 2.13 bits per heavy atom. The second-order valence-electron chi connectivity index (χ2n) is 3.22. The molecule has 0 radical (unpaired) electrons. The van der Waals surface area contributed by atoms with Crippen molar-refractivity contribution in [3.05, 3.63) is 21.9 Å². The minimum absolute atomic E-state index is 0.00333. The molecule has 0 unspecified atom stereocenters. The lowest BCUT2D eigenvalue weighted by Gasteiger charge is -2.26. The van der Waals surface area contributed by atoms with Gasteiger partial charge in [0, 0.05) is 13.1 Å². The van der Waals surface area contributed by atoms with E-state index >= 15 is 0 Å². The maximum atomic E-state index is 11.9. The zero-order valence-electron chi connectivity index (χ0n) is 8.14. The number of hydrogen-bond donors (Lipinski definition) is 0. The van der Waals surface area contributed by atoms with Crippen LogP contribution in [0.4, 0.5) is 0 Å². The van der Waals surface area contributed by atoms with E-state index in [1.54, 1.807) is 17.0 Å². The lowest BCUT2D eigenvalue weighted by Crippen LogP contribution is -2.40. The van der Waals surface area contributed by atoms with E-state index in [-0.39, 0.29) is 5.91 Å². The molecule has 4 nitrogen and oxygen atoms in total. The van der Waals surface area contributed by atoms with E-state index in [4.69, 9.17) is 4.74 Å². The third-order valence-electron chi connectivity index (χ3n) is 2.25. The third kappa shape index (κ3) is 2.24. The summed E-state index contributed by atoms with van der Waals surface area (Å²) >= 11 is 1.23. The van der Waals surface area contributed by atoms with E-state index < -0.39 is 0 Å². The van der Waals surface area contributed by atoms with Gasteiger partial charge in [0.25, 0.3) is 5.91 Å². The van der Waals surface area contributed by atoms with Crippen molar-refractivity contribution in [3.63, 3.8) is 0 Å². The summed E-state index contributed by atoms with van der Waals surface area (Å²) in [6.45, 7) is 2.45. The van der Waals surface area contributed by atoms with Crippen LogP contribution in [0.3, 0.4) is 0 Å². The average molecular weight is 225 g/mol. The summed E-state index contributed by atoms with van der Waals surface area (Å²) in [6, 6.07) is 3.37. The highest BCUT2D eigenvalue weighted by molar-refractivity contribution is 7.15. The lowest BCUT2D eigenvalue weighted by atomic mass is 10.3. The number of thiophene rings is 1. The summed E-state index contributed by atoms with van der Waals surface area (Å²) < 4.78 is 5.17. The Bertz CT molecular complexity index is 368. The first kappa shape index (κ1) is 10.3. The van der Waals surface area contributed by atoms with Crippen LogP contribution in [-0.4, -0.2) is 43.4 Å². The second kappa shape index (κ2) is 4.55. The topological polar surface area (TPSA) is 46.6 Å². The first-order chi connectivity index (χ1) is 7.31. The number of carbonyl (C=O) groups is 2. The van der Waals surface area contributed by atoms with E-state index in [0.29, 0.717) is 36.1 Å². The molecule has 1 amide bonds. The molecule has 1 aromatic heterocycles. The molecule has 0 spiro atoms. The highest BCUT2D eigenvalue weighted by Gasteiger charge is 2.19. The Balaban J connectivity index is 2.08. The number of ether oxygens (including phenoxy) is 1. The first-order valence-corrected chi connectivity index (χ1v) is 5.55. The minimum Gasteiger partial charge on any atom is -0.378 e. The molecule has 15 heavy (non-hydrogen) atoms. The summed E-state index contributed by atoms with van der Waals surface area (Å²) in [7, 11) is 0. The summed E-state index contributed by atoms with van der Waals surface area (Å²) in [6.07, 6.45) is 0.765. The quantitative estimate of drug-likeness (QED) is 0.706. The second-order valence-corrected chi connectivity index (χ2v) is 4.34. The Morgan fingerprint density at radius 3 is 2.73 bits per heavy atom. The molecule has 80 valence electrons. The van der Waals surface area contributed by atoms with Gasteiger partial charge in [-0.3, -0.25) is 9.59 Å². The van der Waals surface area contributed by atoms with Crippen molar-refractivity contribution in [2.75, 3.05) is 26.3 Å². The Hall–Kier alpha value is -1.20. The average Bonchev–Trinajstić information content (AvgIpc) is 2.78. The molecule has 1 fully saturated rings. The summed E-state index contributed by atoms with van der Waals surface area (Å²) in [5.74, 6) is -0.00333. The normalized spacial score (nSPS) is 16.4. The number of hydrogen-bond acceptors (Lipinski definition) is 4. The van der Waals surface area contributed by atoms with Crippen molar-refractivity contribution in [2.45, 2.75) is 0 Å². The van der Waals surface area contributed by atoms with Gasteiger partial charge in [-0.1, -0.05) is 0 Å². The molecule has 0 atom stereocenters. The SMILES string of the molecule is O=Cc1ccc(C(=O)N2CCOCC2)s1. The number of carbonyl (C=O) groups excluding carboxylic acids is 2. The largest absolute Gasteiger partial charge is 0.378 e. The van der Waals surface area contributed by atoms with E-state index in [0.717, 1.165) is 6.29 Å². The number of rotatable bonds is 2. The maximum Gasteiger partial charge on any atom is 0.264 e. The number of morpholine rings is 1. The molecular weight excluding hydrogens is 214 g/mol. The predicted molar refractivity (Wildman–Crippen MR) is 56.4 cm³/mol. The molecule has 1 aliphatic heterocycles. The molecule has 2 rings (SSSR count). The van der Waals surface area contributed by atoms with Gasteiger partial charge < -0.3 is 9.64 Å². The van der Waals surface area contributed by atoms with Gasteiger partial charge >= 0.3 is 0 Å². The summed E-state index contributed by atoms with van der Waals surface area (Å²) in [5.41, 5.74) is 0. The molecule has 2 heterocycles. The zero-order chi connectivity index (χ0) is 10.7. The van der Waals surface area contributed by atoms with Crippen LogP contribution in [0.25, 0.3) is 0 Å². The van der Waals surface area contributed by atoms with Crippen molar-refractivity contribution in [1.29, 1.82) is 0 Å². The first-order valence-electron chi connectivity index (χ1n) is 4.73. The standard InChI is InChI=1S/C10H11NO3S/c12-7-8-1-2-9(15-8)10(13)11-3-5-14-6-4-11/h1-2,7H,3-6H2. The number of aldehydes is 1. The van der Waals surface area contributed by atoms with Gasteiger partial charge in [-0.2, -0.15) is 0 Å². The van der Waals surface area contributed by atoms with Crippen LogP contribution >= 0.6 is 11.3 Å². The van der Waals surface area contributed by atoms with Crippen LogP contribution in [-0.2, 0) is 4.74 Å². The molecule has 1 aromatic rings. The van der Waals surface area contributed by atoms with E-state index in [1.165, 1.54) is 11.3 Å². The van der Waals surface area contributed by atoms with E-state index in [2.05, 4.69) is 0 Å². The monoisotopic (exact) mass is 225 g/mol. The van der Waals surface area contributed by atoms with Crippen molar-refractivity contribution in [2.24, 2.45) is 0 Å². The predicted octanol–water partition coefficient (Wildman–Crippen LogP) is 1.03. The van der Waals surface area contributed by atoms with Crippen LogP contribution in [0, 0.1) is 0 Å². The van der Waals surface area contributed by atoms with Gasteiger partial charge in [-0.25, -0.2) is 0 Å². The van der Waals surface area contributed by atoms with Crippen molar-refractivity contribution >= 4 is 23.5 Å². The number of nitrogens with zero attached hydrogens (tertiary/aromatic N) is 1. The molecule has 1 saturated heterocycles. The highest BCUT2D eigenvalue weighted by atomic mass is 32.1. The Kier molecular flexibility index (Phi) is 3.13. The van der Waals surface area contributed by atoms with Gasteiger partial charge in [0.15, 0.2) is 6.29 Å². The van der Waals surface area contributed by atoms with Crippen molar-refractivity contribution in [3.8, 4) is 0 Å². The third-order valence-corrected chi connectivity index (χ3v) is 3.25. The van der Waals surface area contributed by atoms with Gasteiger partial charge in [-0.05, 0) is 12.1 Å². The molecule has 0 N–H and O–H groups in total. The van der Waals surface area contributed by atoms with Crippen LogP contribution < -0.4 is 0 Å². The Labute approximate surface area is 91.5 Å². The van der Waals surface area contributed by atoms with E-state index in [9.17, 15) is 9.59 Å². The fourth-order valence-electron chi connectivity index (χ4n) is 1.45. The maximum absolute atomic E-state index is 11.9. The summed E-state index contributed by atoms with van der Waals surface area (Å²) in [4.78, 5) is 25.3. The molecule has 1 aliphatic rings. The summed E-state index contributed by atoms with van der Waals surface area (Å²) in [5, 5.41) is 0. The van der Waals surface area contributed by atoms with Crippen LogP contribution in [0.2, 0.25) is 0 Å². The fourth-order valence-corrected chi connectivity index (χ4v) is 2.24. The van der Waals surface area contributed by atoms with Gasteiger partial charge in [0.2, 0.25) is 0 Å². The molecular formula is C10H11NO3S. The molecule has 5 heteroatoms. The zero-order valence-corrected chi connectivity index (χ0v) is 8.96. The molecule has 0 bridgehead atoms. The minimum atomic E-state index is -0.00333. The molecule has 0 saturated carbocycles. The van der Waals surface area contributed by atoms with Crippen LogP contribution in [0.15, 0.2) is 12.1 Å². The van der Waals surface area contributed by atoms with Crippen LogP contribution in [0.5, 0.6) is 0 Å².